The Morgan fingerprint density at radius 1 is 1.12 bits per heavy atom. The summed E-state index contributed by atoms with van der Waals surface area (Å²) in [6, 6.07) is 15.2. The van der Waals surface area contributed by atoms with Crippen LogP contribution < -0.4 is 10.1 Å². The first-order chi connectivity index (χ1) is 16.3. The molecule has 2 aromatic carbocycles. The Bertz CT molecular complexity index is 1310. The first-order valence-corrected chi connectivity index (χ1v) is 11.2. The Morgan fingerprint density at radius 3 is 2.50 bits per heavy atom. The molecule has 0 unspecified atom stereocenters. The minimum atomic E-state index is -0.661. The number of nitrogens with zero attached hydrogens (tertiary/aromatic N) is 2. The number of hydrogen-bond acceptors (Lipinski definition) is 5. The molecule has 34 heavy (non-hydrogen) atoms. The van der Waals surface area contributed by atoms with Gasteiger partial charge in [0.15, 0.2) is 0 Å². The lowest BCUT2D eigenvalue weighted by molar-refractivity contribution is -0.127. The molecule has 0 saturated carbocycles. The maximum atomic E-state index is 13.8. The smallest absolute Gasteiger partial charge is 0.294 e. The second-order valence-electron chi connectivity index (χ2n) is 7.66. The highest BCUT2D eigenvalue weighted by Crippen LogP contribution is 2.34. The van der Waals surface area contributed by atoms with E-state index in [1.54, 1.807) is 19.3 Å². The third-order valence-corrected chi connectivity index (χ3v) is 6.32. The fourth-order valence-electron chi connectivity index (χ4n) is 3.74. The second kappa shape index (κ2) is 9.56. The number of anilines is 1. The van der Waals surface area contributed by atoms with Crippen LogP contribution >= 0.6 is 11.8 Å². The molecule has 2 heterocycles. The van der Waals surface area contributed by atoms with Gasteiger partial charge in [-0.2, -0.15) is 0 Å². The van der Waals surface area contributed by atoms with Crippen molar-refractivity contribution in [3.05, 3.63) is 82.3 Å². The van der Waals surface area contributed by atoms with E-state index in [-0.39, 0.29) is 10.6 Å². The zero-order valence-electron chi connectivity index (χ0n) is 18.8. The number of carbonyl (C=O) groups is 3. The van der Waals surface area contributed by atoms with Crippen molar-refractivity contribution in [2.24, 2.45) is 0 Å². The summed E-state index contributed by atoms with van der Waals surface area (Å²) in [4.78, 5) is 38.7. The fraction of sp³-hybridized carbons (Fsp3) is 0.160. The molecule has 0 atom stereocenters. The van der Waals surface area contributed by atoms with E-state index in [9.17, 15) is 18.8 Å². The highest BCUT2D eigenvalue weighted by molar-refractivity contribution is 8.18. The topological polar surface area (TPSA) is 80.6 Å². The molecule has 0 aliphatic carbocycles. The molecular weight excluding hydrogens is 457 g/mol. The summed E-state index contributed by atoms with van der Waals surface area (Å²) >= 11 is 0.771. The van der Waals surface area contributed by atoms with Crippen LogP contribution in [0.4, 0.5) is 14.9 Å². The first kappa shape index (κ1) is 23.3. The Hall–Kier alpha value is -3.85. The number of hydrogen-bond donors (Lipinski definition) is 1. The van der Waals surface area contributed by atoms with Crippen molar-refractivity contribution in [3.8, 4) is 11.4 Å². The van der Waals surface area contributed by atoms with Gasteiger partial charge in [-0.05, 0) is 79.7 Å². The molecule has 1 N–H and O–H groups in total. The van der Waals surface area contributed by atoms with E-state index in [0.29, 0.717) is 0 Å². The Morgan fingerprint density at radius 2 is 1.82 bits per heavy atom. The summed E-state index contributed by atoms with van der Waals surface area (Å²) < 4.78 is 21.0. The van der Waals surface area contributed by atoms with Gasteiger partial charge in [-0.15, -0.1) is 0 Å². The first-order valence-electron chi connectivity index (χ1n) is 10.4. The van der Waals surface area contributed by atoms with Crippen molar-refractivity contribution in [2.75, 3.05) is 19.0 Å². The van der Waals surface area contributed by atoms with Crippen LogP contribution in [0, 0.1) is 19.7 Å². The predicted octanol–water partition coefficient (Wildman–Crippen LogP) is 4.92. The van der Waals surface area contributed by atoms with Gasteiger partial charge in [0.2, 0.25) is 5.91 Å². The third kappa shape index (κ3) is 4.60. The molecule has 1 aliphatic rings. The van der Waals surface area contributed by atoms with Crippen molar-refractivity contribution in [3.63, 3.8) is 0 Å². The van der Waals surface area contributed by atoms with Gasteiger partial charge in [0, 0.05) is 17.1 Å². The van der Waals surface area contributed by atoms with Gasteiger partial charge in [-0.1, -0.05) is 12.1 Å². The number of ether oxygens (including phenoxy) is 1. The van der Waals surface area contributed by atoms with Crippen LogP contribution in [0.15, 0.2) is 59.5 Å². The van der Waals surface area contributed by atoms with Crippen LogP contribution in [0.3, 0.4) is 0 Å². The highest BCUT2D eigenvalue weighted by atomic mass is 32.2. The largest absolute Gasteiger partial charge is 0.497 e. The third-order valence-electron chi connectivity index (χ3n) is 5.41. The molecule has 0 radical (unpaired) electrons. The van der Waals surface area contributed by atoms with Gasteiger partial charge in [-0.3, -0.25) is 19.3 Å². The summed E-state index contributed by atoms with van der Waals surface area (Å²) in [5.74, 6) is -1.07. The Kier molecular flexibility index (Phi) is 6.56. The van der Waals surface area contributed by atoms with Crippen LogP contribution in [0.25, 0.3) is 11.8 Å². The Labute approximate surface area is 200 Å². The second-order valence-corrected chi connectivity index (χ2v) is 8.65. The minimum Gasteiger partial charge on any atom is -0.497 e. The lowest BCUT2D eigenvalue weighted by Gasteiger charge is -2.12. The van der Waals surface area contributed by atoms with Crippen LogP contribution in [-0.4, -0.2) is 40.2 Å². The molecule has 1 aliphatic heterocycles. The summed E-state index contributed by atoms with van der Waals surface area (Å²) in [6.45, 7) is 3.38. The number of aryl methyl sites for hydroxylation is 1. The summed E-state index contributed by atoms with van der Waals surface area (Å²) in [5, 5.41) is 1.84. The molecule has 174 valence electrons. The molecule has 1 aromatic heterocycles. The molecule has 0 spiro atoms. The number of halogens is 1. The van der Waals surface area contributed by atoms with E-state index in [4.69, 9.17) is 4.74 Å². The number of benzene rings is 2. The Balaban J connectivity index is 1.53. The maximum Gasteiger partial charge on any atom is 0.294 e. The van der Waals surface area contributed by atoms with Gasteiger partial charge in [-0.25, -0.2) is 4.39 Å². The monoisotopic (exact) mass is 479 g/mol. The number of imide groups is 1. The molecule has 7 nitrogen and oxygen atoms in total. The predicted molar refractivity (Wildman–Crippen MR) is 130 cm³/mol. The summed E-state index contributed by atoms with van der Waals surface area (Å²) in [5.41, 5.74) is 3.56. The van der Waals surface area contributed by atoms with E-state index in [0.717, 1.165) is 45.1 Å². The number of carbonyl (C=O) groups excluding carboxylic acids is 3. The van der Waals surface area contributed by atoms with E-state index in [1.165, 1.54) is 18.2 Å². The molecule has 1 fully saturated rings. The van der Waals surface area contributed by atoms with Gasteiger partial charge in [0.05, 0.1) is 17.7 Å². The molecule has 3 aromatic rings. The van der Waals surface area contributed by atoms with Gasteiger partial charge in [0.25, 0.3) is 11.1 Å². The SMILES string of the molecule is COc1ccc(-n2c(C)cc(C=C3SC(=O)N(CC(=O)Nc4ccccc4F)C3=O)c2C)cc1. The molecule has 4 rings (SSSR count). The van der Waals surface area contributed by atoms with Crippen LogP contribution in [-0.2, 0) is 9.59 Å². The standard InChI is InChI=1S/C25H22FN3O4S/c1-15-12-17(16(2)29(15)18-8-10-19(33-3)11-9-18)13-22-24(31)28(25(32)34-22)14-23(30)27-21-7-5-4-6-20(21)26/h4-13H,14H2,1-3H3,(H,27,30). The lowest BCUT2D eigenvalue weighted by atomic mass is 10.2. The molecule has 0 bridgehead atoms. The number of methoxy groups -OCH3 is 1. The number of para-hydroxylation sites is 1. The molecule has 3 amide bonds. The average Bonchev–Trinajstić information content (AvgIpc) is 3.24. The number of amides is 3. The molecule has 1 saturated heterocycles. The fourth-order valence-corrected chi connectivity index (χ4v) is 4.56. The van der Waals surface area contributed by atoms with Crippen LogP contribution in [0.1, 0.15) is 17.0 Å². The quantitative estimate of drug-likeness (QED) is 0.508. The number of nitrogens with one attached hydrogen (secondary N) is 1. The average molecular weight is 480 g/mol. The molecule has 9 heteroatoms. The number of rotatable bonds is 6. The zero-order chi connectivity index (χ0) is 24.4. The van der Waals surface area contributed by atoms with Crippen LogP contribution in [0.5, 0.6) is 5.75 Å². The van der Waals surface area contributed by atoms with Crippen molar-refractivity contribution < 1.29 is 23.5 Å². The van der Waals surface area contributed by atoms with Crippen molar-refractivity contribution >= 4 is 40.6 Å². The molecular formula is C25H22FN3O4S. The lowest BCUT2D eigenvalue weighted by Crippen LogP contribution is -2.36. The van der Waals surface area contributed by atoms with E-state index >= 15 is 0 Å². The number of aromatic nitrogens is 1. The van der Waals surface area contributed by atoms with Crippen LogP contribution in [0.2, 0.25) is 0 Å². The zero-order valence-corrected chi connectivity index (χ0v) is 19.6. The van der Waals surface area contributed by atoms with Crippen molar-refractivity contribution in [1.82, 2.24) is 9.47 Å². The minimum absolute atomic E-state index is 0.0130. The van der Waals surface area contributed by atoms with E-state index < -0.39 is 29.4 Å². The van der Waals surface area contributed by atoms with E-state index in [1.807, 2.05) is 48.7 Å². The van der Waals surface area contributed by atoms with Gasteiger partial charge >= 0.3 is 0 Å². The summed E-state index contributed by atoms with van der Waals surface area (Å²) in [6.07, 6.45) is 1.65. The van der Waals surface area contributed by atoms with Gasteiger partial charge < -0.3 is 14.6 Å². The van der Waals surface area contributed by atoms with E-state index in [2.05, 4.69) is 5.32 Å². The normalized spacial score (nSPS) is 14.7. The van der Waals surface area contributed by atoms with Crippen molar-refractivity contribution in [1.29, 1.82) is 0 Å². The highest BCUT2D eigenvalue weighted by Gasteiger charge is 2.36. The summed E-state index contributed by atoms with van der Waals surface area (Å²) in [7, 11) is 1.61. The number of thioether (sulfide) groups is 1. The van der Waals surface area contributed by atoms with Crippen molar-refractivity contribution in [2.45, 2.75) is 13.8 Å². The maximum absolute atomic E-state index is 13.8. The van der Waals surface area contributed by atoms with Gasteiger partial charge in [0.1, 0.15) is 18.1 Å².